The first-order valence-corrected chi connectivity index (χ1v) is 8.47. The van der Waals surface area contributed by atoms with E-state index in [1.54, 1.807) is 35.3 Å². The highest BCUT2D eigenvalue weighted by Crippen LogP contribution is 2.21. The Morgan fingerprint density at radius 2 is 2.12 bits per heavy atom. The predicted molar refractivity (Wildman–Crippen MR) is 95.8 cm³/mol. The van der Waals surface area contributed by atoms with E-state index in [0.717, 1.165) is 12.1 Å². The Labute approximate surface area is 150 Å². The second-order valence-electron chi connectivity index (χ2n) is 6.21. The molecule has 0 unspecified atom stereocenters. The fraction of sp³-hybridized carbons (Fsp3) is 0.211. The van der Waals surface area contributed by atoms with E-state index in [0.29, 0.717) is 24.5 Å². The van der Waals surface area contributed by atoms with Gasteiger partial charge in [0.25, 0.3) is 5.91 Å². The third kappa shape index (κ3) is 3.28. The van der Waals surface area contributed by atoms with Gasteiger partial charge in [0.1, 0.15) is 0 Å². The van der Waals surface area contributed by atoms with E-state index in [1.165, 1.54) is 6.07 Å². The standard InChI is InChI=1S/C19H18FN5O/c20-17-6-2-8-21-18(17)24-11-7-15(13-24)23-19(26)14-4-1-5-16(12-14)25-10-3-9-22-25/h1-6,8-10,12,15H,7,11,13H2,(H,23,26)/t15-/m0/s1. The summed E-state index contributed by atoms with van der Waals surface area (Å²) in [6.45, 7) is 1.20. The molecule has 1 aliphatic rings. The van der Waals surface area contributed by atoms with Gasteiger partial charge in [0.15, 0.2) is 11.6 Å². The summed E-state index contributed by atoms with van der Waals surface area (Å²) in [5.41, 5.74) is 1.40. The number of nitrogens with one attached hydrogen (secondary N) is 1. The van der Waals surface area contributed by atoms with Crippen LogP contribution in [0.25, 0.3) is 5.69 Å². The topological polar surface area (TPSA) is 63.1 Å². The number of nitrogens with zero attached hydrogens (tertiary/aromatic N) is 4. The SMILES string of the molecule is O=C(N[C@H]1CCN(c2ncccc2F)C1)c1cccc(-n2cccn2)c1. The maximum absolute atomic E-state index is 13.9. The van der Waals surface area contributed by atoms with Crippen LogP contribution >= 0.6 is 0 Å². The Balaban J connectivity index is 1.43. The summed E-state index contributed by atoms with van der Waals surface area (Å²) in [5.74, 6) is -0.149. The van der Waals surface area contributed by atoms with E-state index in [2.05, 4.69) is 15.4 Å². The highest BCUT2D eigenvalue weighted by Gasteiger charge is 2.26. The van der Waals surface area contributed by atoms with Crippen LogP contribution in [-0.2, 0) is 0 Å². The van der Waals surface area contributed by atoms with E-state index in [9.17, 15) is 9.18 Å². The van der Waals surface area contributed by atoms with Crippen molar-refractivity contribution in [3.8, 4) is 5.69 Å². The molecule has 1 fully saturated rings. The summed E-state index contributed by atoms with van der Waals surface area (Å²) in [6, 6.07) is 12.0. The summed E-state index contributed by atoms with van der Waals surface area (Å²) < 4.78 is 15.6. The van der Waals surface area contributed by atoms with E-state index < -0.39 is 0 Å². The monoisotopic (exact) mass is 351 g/mol. The van der Waals surface area contributed by atoms with Gasteiger partial charge in [-0.25, -0.2) is 14.1 Å². The molecule has 4 rings (SSSR count). The van der Waals surface area contributed by atoms with Gasteiger partial charge in [-0.15, -0.1) is 0 Å². The van der Waals surface area contributed by atoms with Gasteiger partial charge >= 0.3 is 0 Å². The largest absolute Gasteiger partial charge is 0.352 e. The summed E-state index contributed by atoms with van der Waals surface area (Å²) in [7, 11) is 0. The molecule has 0 bridgehead atoms. The number of rotatable bonds is 4. The first-order chi connectivity index (χ1) is 12.7. The van der Waals surface area contributed by atoms with Crippen LogP contribution in [0.1, 0.15) is 16.8 Å². The minimum Gasteiger partial charge on any atom is -0.352 e. The average molecular weight is 351 g/mol. The predicted octanol–water partition coefficient (Wildman–Crippen LogP) is 2.42. The lowest BCUT2D eigenvalue weighted by Crippen LogP contribution is -2.37. The molecule has 1 aliphatic heterocycles. The number of hydrogen-bond acceptors (Lipinski definition) is 4. The molecule has 1 amide bonds. The minimum absolute atomic E-state index is 0.0442. The van der Waals surface area contributed by atoms with Gasteiger partial charge in [0, 0.05) is 43.3 Å². The number of halogens is 1. The molecule has 3 aromatic rings. The highest BCUT2D eigenvalue weighted by atomic mass is 19.1. The summed E-state index contributed by atoms with van der Waals surface area (Å²) in [5, 5.41) is 7.20. The Kier molecular flexibility index (Phi) is 4.35. The van der Waals surface area contributed by atoms with Crippen molar-refractivity contribution >= 4 is 11.7 Å². The molecule has 7 heteroatoms. The van der Waals surface area contributed by atoms with Crippen LogP contribution in [0.5, 0.6) is 0 Å². The molecule has 0 aliphatic carbocycles. The van der Waals surface area contributed by atoms with Crippen LogP contribution in [0, 0.1) is 5.82 Å². The Morgan fingerprint density at radius 1 is 1.19 bits per heavy atom. The molecule has 3 heterocycles. The zero-order valence-corrected chi connectivity index (χ0v) is 14.0. The quantitative estimate of drug-likeness (QED) is 0.784. The van der Waals surface area contributed by atoms with Crippen LogP contribution in [0.3, 0.4) is 0 Å². The van der Waals surface area contributed by atoms with E-state index in [4.69, 9.17) is 0 Å². The third-order valence-corrected chi connectivity index (χ3v) is 4.44. The molecule has 1 saturated heterocycles. The fourth-order valence-corrected chi connectivity index (χ4v) is 3.16. The fourth-order valence-electron chi connectivity index (χ4n) is 3.16. The molecule has 1 atom stereocenters. The molecule has 0 saturated carbocycles. The maximum Gasteiger partial charge on any atom is 0.251 e. The first kappa shape index (κ1) is 16.3. The molecule has 6 nitrogen and oxygen atoms in total. The maximum atomic E-state index is 13.9. The van der Waals surface area contributed by atoms with Gasteiger partial charge in [-0.3, -0.25) is 4.79 Å². The lowest BCUT2D eigenvalue weighted by molar-refractivity contribution is 0.0940. The van der Waals surface area contributed by atoms with Crippen LogP contribution in [0.15, 0.2) is 61.1 Å². The number of anilines is 1. The van der Waals surface area contributed by atoms with Gasteiger partial charge in [0.05, 0.1) is 5.69 Å². The lowest BCUT2D eigenvalue weighted by atomic mass is 10.1. The summed E-state index contributed by atoms with van der Waals surface area (Å²) in [6.07, 6.45) is 5.84. The summed E-state index contributed by atoms with van der Waals surface area (Å²) in [4.78, 5) is 18.5. The second kappa shape index (κ2) is 6.95. The molecule has 1 N–H and O–H groups in total. The number of carbonyl (C=O) groups is 1. The molecular weight excluding hydrogens is 333 g/mol. The zero-order chi connectivity index (χ0) is 17.9. The van der Waals surface area contributed by atoms with Gasteiger partial charge in [-0.1, -0.05) is 6.07 Å². The van der Waals surface area contributed by atoms with Gasteiger partial charge in [0.2, 0.25) is 0 Å². The minimum atomic E-state index is -0.341. The molecule has 2 aromatic heterocycles. The molecular formula is C19H18FN5O. The lowest BCUT2D eigenvalue weighted by Gasteiger charge is -2.18. The van der Waals surface area contributed by atoms with E-state index in [1.807, 2.05) is 29.3 Å². The number of benzene rings is 1. The van der Waals surface area contributed by atoms with Crippen molar-refractivity contribution < 1.29 is 9.18 Å². The van der Waals surface area contributed by atoms with Crippen molar-refractivity contribution in [1.82, 2.24) is 20.1 Å². The molecule has 0 spiro atoms. The van der Waals surface area contributed by atoms with Crippen molar-refractivity contribution in [2.24, 2.45) is 0 Å². The van der Waals surface area contributed by atoms with Crippen molar-refractivity contribution in [1.29, 1.82) is 0 Å². The second-order valence-corrected chi connectivity index (χ2v) is 6.21. The molecule has 132 valence electrons. The number of pyridine rings is 1. The number of amides is 1. The Hall–Kier alpha value is -3.22. The number of aromatic nitrogens is 3. The van der Waals surface area contributed by atoms with Gasteiger partial charge in [-0.2, -0.15) is 5.10 Å². The smallest absolute Gasteiger partial charge is 0.251 e. The van der Waals surface area contributed by atoms with Gasteiger partial charge in [-0.05, 0) is 42.8 Å². The number of carbonyl (C=O) groups excluding carboxylic acids is 1. The highest BCUT2D eigenvalue weighted by molar-refractivity contribution is 5.95. The molecule has 1 aromatic carbocycles. The third-order valence-electron chi connectivity index (χ3n) is 4.44. The van der Waals surface area contributed by atoms with Gasteiger partial charge < -0.3 is 10.2 Å². The van der Waals surface area contributed by atoms with Crippen LogP contribution in [-0.4, -0.2) is 39.8 Å². The Morgan fingerprint density at radius 3 is 2.92 bits per heavy atom. The number of hydrogen-bond donors (Lipinski definition) is 1. The van der Waals surface area contributed by atoms with Crippen molar-refractivity contribution in [3.63, 3.8) is 0 Å². The Bertz CT molecular complexity index is 912. The van der Waals surface area contributed by atoms with Crippen molar-refractivity contribution in [3.05, 3.63) is 72.4 Å². The van der Waals surface area contributed by atoms with Crippen molar-refractivity contribution in [2.75, 3.05) is 18.0 Å². The normalized spacial score (nSPS) is 16.7. The van der Waals surface area contributed by atoms with E-state index >= 15 is 0 Å². The molecule has 0 radical (unpaired) electrons. The molecule has 26 heavy (non-hydrogen) atoms. The summed E-state index contributed by atoms with van der Waals surface area (Å²) >= 11 is 0. The average Bonchev–Trinajstić information content (AvgIpc) is 3.34. The van der Waals surface area contributed by atoms with Crippen LogP contribution < -0.4 is 10.2 Å². The van der Waals surface area contributed by atoms with Crippen molar-refractivity contribution in [2.45, 2.75) is 12.5 Å². The first-order valence-electron chi connectivity index (χ1n) is 8.47. The van der Waals surface area contributed by atoms with E-state index in [-0.39, 0.29) is 17.8 Å². The van der Waals surface area contributed by atoms with Crippen LogP contribution in [0.4, 0.5) is 10.2 Å². The zero-order valence-electron chi connectivity index (χ0n) is 14.0. The van der Waals surface area contributed by atoms with Crippen LogP contribution in [0.2, 0.25) is 0 Å².